The Morgan fingerprint density at radius 3 is 2.22 bits per heavy atom. The third-order valence-corrected chi connectivity index (χ3v) is 5.50. The summed E-state index contributed by atoms with van der Waals surface area (Å²) in [6.07, 6.45) is 4.18. The zero-order valence-electron chi connectivity index (χ0n) is 11.9. The first-order chi connectivity index (χ1) is 8.57. The summed E-state index contributed by atoms with van der Waals surface area (Å²) in [4.78, 5) is 0. The van der Waals surface area contributed by atoms with Crippen LogP contribution in [0, 0.1) is 5.41 Å². The largest absolute Gasteiger partial charge is 0.268 e. The number of hydrogen-bond donors (Lipinski definition) is 0. The summed E-state index contributed by atoms with van der Waals surface area (Å²) in [6, 6.07) is 0. The van der Waals surface area contributed by atoms with E-state index in [4.69, 9.17) is 11.6 Å². The predicted molar refractivity (Wildman–Crippen MR) is 82.4 cm³/mol. The fourth-order valence-corrected chi connectivity index (χ4v) is 3.45. The Morgan fingerprint density at radius 2 is 1.83 bits per heavy atom. The van der Waals surface area contributed by atoms with Gasteiger partial charge in [0.1, 0.15) is 0 Å². The third-order valence-electron chi connectivity index (χ3n) is 4.02. The Balaban J connectivity index is 3.12. The normalized spacial score (nSPS) is 12.1. The van der Waals surface area contributed by atoms with Crippen molar-refractivity contribution in [3.05, 3.63) is 15.9 Å². The molecule has 0 aliphatic rings. The van der Waals surface area contributed by atoms with E-state index in [0.717, 1.165) is 37.9 Å². The summed E-state index contributed by atoms with van der Waals surface area (Å²) in [6.45, 7) is 9.66. The molecule has 0 bridgehead atoms. The van der Waals surface area contributed by atoms with Gasteiger partial charge in [0.05, 0.1) is 15.9 Å². The molecule has 4 heteroatoms. The van der Waals surface area contributed by atoms with Gasteiger partial charge in [-0.05, 0) is 54.0 Å². The molecule has 0 atom stereocenters. The average Bonchev–Trinajstić information content (AvgIpc) is 2.72. The minimum atomic E-state index is 0.196. The lowest BCUT2D eigenvalue weighted by Crippen LogP contribution is -2.25. The molecule has 0 fully saturated rings. The third kappa shape index (κ3) is 3.11. The summed E-state index contributed by atoms with van der Waals surface area (Å²) in [5.41, 5.74) is 2.66. The molecular weight excluding hydrogens is 312 g/mol. The molecule has 1 rings (SSSR count). The highest BCUT2D eigenvalue weighted by Gasteiger charge is 2.29. The van der Waals surface area contributed by atoms with E-state index in [2.05, 4.69) is 53.4 Å². The highest BCUT2D eigenvalue weighted by atomic mass is 79.9. The van der Waals surface area contributed by atoms with Gasteiger partial charge in [-0.25, -0.2) is 0 Å². The molecule has 0 unspecified atom stereocenters. The Hall–Kier alpha value is -0.0200. The van der Waals surface area contributed by atoms with Crippen LogP contribution in [0.1, 0.15) is 51.9 Å². The van der Waals surface area contributed by atoms with Crippen LogP contribution in [0.15, 0.2) is 4.47 Å². The van der Waals surface area contributed by atoms with Gasteiger partial charge < -0.3 is 0 Å². The van der Waals surface area contributed by atoms with Crippen molar-refractivity contribution in [1.82, 2.24) is 9.78 Å². The van der Waals surface area contributed by atoms with Crippen LogP contribution in [-0.4, -0.2) is 15.7 Å². The summed E-state index contributed by atoms with van der Waals surface area (Å²) >= 11 is 9.93. The van der Waals surface area contributed by atoms with Crippen molar-refractivity contribution in [3.8, 4) is 0 Å². The molecule has 1 aromatic rings. The van der Waals surface area contributed by atoms with Gasteiger partial charge in [0, 0.05) is 12.4 Å². The van der Waals surface area contributed by atoms with E-state index in [1.54, 1.807) is 0 Å². The SMILES string of the molecule is CCc1nn(CC)c(CC(CC)(CC)CCl)c1Br. The van der Waals surface area contributed by atoms with Crippen LogP contribution >= 0.6 is 27.5 Å². The van der Waals surface area contributed by atoms with Crippen molar-refractivity contribution >= 4 is 27.5 Å². The van der Waals surface area contributed by atoms with Gasteiger partial charge in [0.2, 0.25) is 0 Å². The van der Waals surface area contributed by atoms with Gasteiger partial charge in [-0.15, -0.1) is 11.6 Å². The smallest absolute Gasteiger partial charge is 0.0766 e. The van der Waals surface area contributed by atoms with Crippen molar-refractivity contribution in [2.75, 3.05) is 5.88 Å². The van der Waals surface area contributed by atoms with Gasteiger partial charge in [-0.1, -0.05) is 20.8 Å². The molecule has 0 amide bonds. The second-order valence-corrected chi connectivity index (χ2v) is 5.95. The van der Waals surface area contributed by atoms with Crippen LogP contribution < -0.4 is 0 Å². The van der Waals surface area contributed by atoms with E-state index in [-0.39, 0.29) is 5.41 Å². The minimum absolute atomic E-state index is 0.196. The number of aryl methyl sites for hydroxylation is 2. The first kappa shape index (κ1) is 16.0. The Labute approximate surface area is 124 Å². The average molecular weight is 336 g/mol. The molecule has 0 saturated carbocycles. The van der Waals surface area contributed by atoms with E-state index >= 15 is 0 Å². The lowest BCUT2D eigenvalue weighted by molar-refractivity contribution is 0.292. The zero-order valence-corrected chi connectivity index (χ0v) is 14.2. The highest BCUT2D eigenvalue weighted by Crippen LogP contribution is 2.35. The maximum Gasteiger partial charge on any atom is 0.0766 e. The first-order valence-electron chi connectivity index (χ1n) is 6.87. The monoisotopic (exact) mass is 334 g/mol. The maximum absolute atomic E-state index is 6.22. The van der Waals surface area contributed by atoms with Crippen molar-refractivity contribution < 1.29 is 0 Å². The number of halogens is 2. The second-order valence-electron chi connectivity index (χ2n) is 4.89. The molecule has 0 saturated heterocycles. The molecule has 1 heterocycles. The topological polar surface area (TPSA) is 17.8 Å². The first-order valence-corrected chi connectivity index (χ1v) is 8.20. The van der Waals surface area contributed by atoms with Crippen LogP contribution in [0.4, 0.5) is 0 Å². The standard InChI is InChI=1S/C14H24BrClN2/c1-5-11-13(15)12(18(8-4)17-11)9-14(6-2,7-3)10-16/h5-10H2,1-4H3. The van der Waals surface area contributed by atoms with E-state index < -0.39 is 0 Å². The zero-order chi connectivity index (χ0) is 13.8. The molecule has 18 heavy (non-hydrogen) atoms. The Kier molecular flexibility index (Phi) is 6.19. The van der Waals surface area contributed by atoms with Gasteiger partial charge in [0.15, 0.2) is 0 Å². The van der Waals surface area contributed by atoms with Gasteiger partial charge in [-0.2, -0.15) is 5.10 Å². The second kappa shape index (κ2) is 6.95. The fraction of sp³-hybridized carbons (Fsp3) is 0.786. The summed E-state index contributed by atoms with van der Waals surface area (Å²) in [5, 5.41) is 4.66. The summed E-state index contributed by atoms with van der Waals surface area (Å²) in [7, 11) is 0. The quantitative estimate of drug-likeness (QED) is 0.653. The molecule has 0 aromatic carbocycles. The molecule has 0 spiro atoms. The number of rotatable bonds is 7. The Morgan fingerprint density at radius 1 is 1.22 bits per heavy atom. The molecule has 0 radical (unpaired) electrons. The summed E-state index contributed by atoms with van der Waals surface area (Å²) < 4.78 is 3.30. The molecule has 104 valence electrons. The van der Waals surface area contributed by atoms with Gasteiger partial charge in [-0.3, -0.25) is 4.68 Å². The Bertz CT molecular complexity index is 375. The van der Waals surface area contributed by atoms with Crippen LogP contribution in [0.2, 0.25) is 0 Å². The van der Waals surface area contributed by atoms with Crippen molar-refractivity contribution in [1.29, 1.82) is 0 Å². The van der Waals surface area contributed by atoms with E-state index in [1.165, 1.54) is 10.2 Å². The molecule has 0 aliphatic heterocycles. The number of hydrogen-bond acceptors (Lipinski definition) is 1. The predicted octanol–water partition coefficient (Wildman–Crippen LogP) is 4.82. The van der Waals surface area contributed by atoms with Crippen molar-refractivity contribution in [2.45, 2.75) is 59.9 Å². The van der Waals surface area contributed by atoms with Crippen LogP contribution in [-0.2, 0) is 19.4 Å². The van der Waals surface area contributed by atoms with Crippen molar-refractivity contribution in [3.63, 3.8) is 0 Å². The van der Waals surface area contributed by atoms with E-state index in [0.29, 0.717) is 5.88 Å². The lowest BCUT2D eigenvalue weighted by Gasteiger charge is -2.29. The fourth-order valence-electron chi connectivity index (χ4n) is 2.28. The van der Waals surface area contributed by atoms with Crippen LogP contribution in [0.25, 0.3) is 0 Å². The van der Waals surface area contributed by atoms with Crippen LogP contribution in [0.5, 0.6) is 0 Å². The lowest BCUT2D eigenvalue weighted by atomic mass is 9.80. The van der Waals surface area contributed by atoms with Gasteiger partial charge in [0.25, 0.3) is 0 Å². The number of aromatic nitrogens is 2. The number of nitrogens with zero attached hydrogens (tertiary/aromatic N) is 2. The summed E-state index contributed by atoms with van der Waals surface area (Å²) in [5.74, 6) is 0.711. The van der Waals surface area contributed by atoms with E-state index in [1.807, 2.05) is 0 Å². The maximum atomic E-state index is 6.22. The highest BCUT2D eigenvalue weighted by molar-refractivity contribution is 9.10. The molecule has 0 aliphatic carbocycles. The number of alkyl halides is 1. The van der Waals surface area contributed by atoms with Crippen molar-refractivity contribution in [2.24, 2.45) is 5.41 Å². The minimum Gasteiger partial charge on any atom is -0.268 e. The van der Waals surface area contributed by atoms with E-state index in [9.17, 15) is 0 Å². The molecular formula is C14H24BrClN2. The molecule has 1 aromatic heterocycles. The van der Waals surface area contributed by atoms with Crippen LogP contribution in [0.3, 0.4) is 0 Å². The molecule has 0 N–H and O–H groups in total. The van der Waals surface area contributed by atoms with Gasteiger partial charge >= 0.3 is 0 Å². The molecule has 2 nitrogen and oxygen atoms in total.